The summed E-state index contributed by atoms with van der Waals surface area (Å²) >= 11 is 0. The molecule has 0 aliphatic carbocycles. The number of aryl methyl sites for hydroxylation is 1. The number of rotatable bonds is 3. The first-order valence-corrected chi connectivity index (χ1v) is 6.95. The summed E-state index contributed by atoms with van der Waals surface area (Å²) in [5, 5.41) is 11.4. The Kier molecular flexibility index (Phi) is 3.52. The van der Waals surface area contributed by atoms with Gasteiger partial charge in [-0.25, -0.2) is 9.78 Å². The number of para-hydroxylation sites is 1. The molecule has 23 heavy (non-hydrogen) atoms. The van der Waals surface area contributed by atoms with Gasteiger partial charge < -0.3 is 14.6 Å². The van der Waals surface area contributed by atoms with Crippen LogP contribution in [0.2, 0.25) is 0 Å². The molecule has 0 saturated carbocycles. The van der Waals surface area contributed by atoms with Gasteiger partial charge in [-0.1, -0.05) is 18.2 Å². The van der Waals surface area contributed by atoms with Crippen LogP contribution in [-0.2, 0) is 4.74 Å². The molecule has 5 nitrogen and oxygen atoms in total. The molecule has 0 fully saturated rings. The zero-order chi connectivity index (χ0) is 17.3. The van der Waals surface area contributed by atoms with E-state index < -0.39 is 5.97 Å². The van der Waals surface area contributed by atoms with Crippen molar-refractivity contribution >= 4 is 16.7 Å². The lowest BCUT2D eigenvalue weighted by Crippen LogP contribution is -2.06. The number of benzene rings is 2. The number of esters is 1. The monoisotopic (exact) mass is 310 g/mol. The number of hydrogen-bond acceptors (Lipinski definition) is 5. The van der Waals surface area contributed by atoms with Gasteiger partial charge in [0.2, 0.25) is 0 Å². The maximum atomic E-state index is 11.7. The number of carbonyl (C=O) groups is 1. The van der Waals surface area contributed by atoms with Crippen LogP contribution in [0.25, 0.3) is 10.8 Å². The Labute approximate surface area is 134 Å². The van der Waals surface area contributed by atoms with Gasteiger partial charge in [0.1, 0.15) is 11.5 Å². The molecule has 1 aromatic heterocycles. The highest BCUT2D eigenvalue weighted by Gasteiger charge is 2.18. The van der Waals surface area contributed by atoms with Crippen LogP contribution < -0.4 is 4.74 Å². The van der Waals surface area contributed by atoms with Crippen LogP contribution in [0.4, 0.5) is 0 Å². The van der Waals surface area contributed by atoms with Crippen molar-refractivity contribution in [3.05, 3.63) is 59.9 Å². The van der Waals surface area contributed by atoms with Crippen molar-refractivity contribution < 1.29 is 20.7 Å². The number of pyridine rings is 1. The summed E-state index contributed by atoms with van der Waals surface area (Å²) in [5.74, 6) is 0.179. The molecule has 0 unspecified atom stereocenters. The third-order valence-corrected chi connectivity index (χ3v) is 3.43. The number of carbonyl (C=O) groups excluding carboxylic acids is 1. The molecular weight excluding hydrogens is 294 g/mol. The summed E-state index contributed by atoms with van der Waals surface area (Å²) in [5.41, 5.74) is 0.459. The number of nitrogens with zero attached hydrogens (tertiary/aromatic N) is 1. The molecule has 1 N–H and O–H groups in total. The molecule has 5 heteroatoms. The van der Waals surface area contributed by atoms with Gasteiger partial charge in [-0.2, -0.15) is 0 Å². The average molecular weight is 310 g/mol. The molecule has 116 valence electrons. The van der Waals surface area contributed by atoms with Crippen molar-refractivity contribution in [2.75, 3.05) is 7.11 Å². The summed E-state index contributed by atoms with van der Waals surface area (Å²) in [6, 6.07) is 12.2. The summed E-state index contributed by atoms with van der Waals surface area (Å²) < 4.78 is 18.0. The molecule has 0 aliphatic heterocycles. The molecule has 2 aromatic carbocycles. The van der Waals surface area contributed by atoms with Gasteiger partial charge in [0.05, 0.1) is 8.48 Å². The van der Waals surface area contributed by atoms with Gasteiger partial charge in [-0.3, -0.25) is 0 Å². The zero-order valence-corrected chi connectivity index (χ0v) is 12.7. The van der Waals surface area contributed by atoms with E-state index in [1.165, 1.54) is 7.11 Å². The number of ether oxygens (including phenoxy) is 2. The van der Waals surface area contributed by atoms with E-state index in [4.69, 9.17) is 6.11 Å². The van der Waals surface area contributed by atoms with Gasteiger partial charge >= 0.3 is 5.97 Å². The van der Waals surface area contributed by atoms with Gasteiger partial charge in [0.15, 0.2) is 11.4 Å². The van der Waals surface area contributed by atoms with Crippen LogP contribution in [0.3, 0.4) is 0 Å². The predicted molar refractivity (Wildman–Crippen MR) is 86.0 cm³/mol. The van der Waals surface area contributed by atoms with Gasteiger partial charge in [0, 0.05) is 16.5 Å². The van der Waals surface area contributed by atoms with Gasteiger partial charge in [-0.15, -0.1) is 0 Å². The van der Waals surface area contributed by atoms with Crippen molar-refractivity contribution in [2.24, 2.45) is 0 Å². The summed E-state index contributed by atoms with van der Waals surface area (Å²) in [6.07, 6.45) is 0. The minimum Gasteiger partial charge on any atom is -0.505 e. The first kappa shape index (κ1) is 13.6. The second kappa shape index (κ2) is 5.96. The van der Waals surface area contributed by atoms with Crippen LogP contribution in [-0.4, -0.2) is 23.2 Å². The maximum absolute atomic E-state index is 11.7. The number of methoxy groups -OCH3 is 1. The van der Waals surface area contributed by atoms with E-state index >= 15 is 0 Å². The first-order valence-electron chi connectivity index (χ1n) is 7.45. The fourth-order valence-electron chi connectivity index (χ4n) is 2.32. The Bertz CT molecular complexity index is 940. The molecule has 3 aromatic rings. The van der Waals surface area contributed by atoms with Crippen molar-refractivity contribution in [1.29, 1.82) is 0 Å². The SMILES string of the molecule is [2H]c1cccc(Oc2ccc3c(O)c(C(=O)OC)nc(C)c3c2)c1. The summed E-state index contributed by atoms with van der Waals surface area (Å²) in [7, 11) is 1.24. The fraction of sp³-hybridized carbons (Fsp3) is 0.111. The fourth-order valence-corrected chi connectivity index (χ4v) is 2.32. The standard InChI is InChI=1S/C18H15NO4/c1-11-15-10-13(23-12-6-4-3-5-7-12)8-9-14(15)17(20)16(19-11)18(21)22-2/h3-10,20H,1-2H3/i4D. The smallest absolute Gasteiger partial charge is 0.360 e. The van der Waals surface area contributed by atoms with E-state index in [1.54, 1.807) is 49.4 Å². The molecule has 0 atom stereocenters. The molecule has 0 amide bonds. The Balaban J connectivity index is 2.05. The molecule has 3 rings (SSSR count). The number of aromatic hydroxyl groups is 1. The number of hydrogen-bond donors (Lipinski definition) is 1. The topological polar surface area (TPSA) is 68.7 Å². The third-order valence-electron chi connectivity index (χ3n) is 3.43. The van der Waals surface area contributed by atoms with Gasteiger partial charge in [-0.05, 0) is 37.3 Å². The lowest BCUT2D eigenvalue weighted by molar-refractivity contribution is 0.0590. The molecule has 0 saturated heterocycles. The quantitative estimate of drug-likeness (QED) is 0.745. The Morgan fingerprint density at radius 2 is 2.00 bits per heavy atom. The maximum Gasteiger partial charge on any atom is 0.360 e. The third kappa shape index (κ3) is 2.81. The van der Waals surface area contributed by atoms with Crippen molar-refractivity contribution in [3.63, 3.8) is 0 Å². The molecule has 1 heterocycles. The van der Waals surface area contributed by atoms with E-state index in [0.29, 0.717) is 34.0 Å². The highest BCUT2D eigenvalue weighted by atomic mass is 16.5. The van der Waals surface area contributed by atoms with Crippen LogP contribution in [0, 0.1) is 6.92 Å². The normalized spacial score (nSPS) is 11.1. The van der Waals surface area contributed by atoms with E-state index in [2.05, 4.69) is 9.72 Å². The predicted octanol–water partition coefficient (Wildman–Crippen LogP) is 3.83. The van der Waals surface area contributed by atoms with Gasteiger partial charge in [0.25, 0.3) is 0 Å². The van der Waals surface area contributed by atoms with E-state index in [-0.39, 0.29) is 11.4 Å². The van der Waals surface area contributed by atoms with Crippen LogP contribution in [0.15, 0.2) is 48.5 Å². The average Bonchev–Trinajstić information content (AvgIpc) is 2.57. The number of aromatic nitrogens is 1. The van der Waals surface area contributed by atoms with E-state index in [0.717, 1.165) is 0 Å². The second-order valence-corrected chi connectivity index (χ2v) is 4.93. The largest absolute Gasteiger partial charge is 0.505 e. The molecule has 0 spiro atoms. The summed E-state index contributed by atoms with van der Waals surface area (Å²) in [6.45, 7) is 1.74. The van der Waals surface area contributed by atoms with Crippen molar-refractivity contribution in [2.45, 2.75) is 6.92 Å². The first-order chi connectivity index (χ1) is 11.5. The van der Waals surface area contributed by atoms with E-state index in [1.807, 2.05) is 0 Å². The molecule has 0 bridgehead atoms. The van der Waals surface area contributed by atoms with E-state index in [9.17, 15) is 9.90 Å². The Hall–Kier alpha value is -3.08. The van der Waals surface area contributed by atoms with Crippen LogP contribution in [0.5, 0.6) is 17.2 Å². The van der Waals surface area contributed by atoms with Crippen LogP contribution >= 0.6 is 0 Å². The lowest BCUT2D eigenvalue weighted by atomic mass is 10.1. The highest BCUT2D eigenvalue weighted by Crippen LogP contribution is 2.33. The minimum atomic E-state index is -0.690. The zero-order valence-electron chi connectivity index (χ0n) is 13.7. The Morgan fingerprint density at radius 3 is 2.74 bits per heavy atom. The molecule has 0 aliphatic rings. The minimum absolute atomic E-state index is 0.113. The van der Waals surface area contributed by atoms with Crippen LogP contribution in [0.1, 0.15) is 17.6 Å². The van der Waals surface area contributed by atoms with Crippen molar-refractivity contribution in [3.8, 4) is 17.2 Å². The highest BCUT2D eigenvalue weighted by molar-refractivity contribution is 6.00. The molecule has 0 radical (unpaired) electrons. The molecular formula is C18H15NO4. The lowest BCUT2D eigenvalue weighted by Gasteiger charge is -2.11. The second-order valence-electron chi connectivity index (χ2n) is 4.93. The summed E-state index contributed by atoms with van der Waals surface area (Å²) in [4.78, 5) is 15.8. The van der Waals surface area contributed by atoms with Crippen molar-refractivity contribution in [1.82, 2.24) is 4.98 Å². The number of fused-ring (bicyclic) bond motifs is 1. The Morgan fingerprint density at radius 1 is 1.17 bits per heavy atom.